The highest BCUT2D eigenvalue weighted by Crippen LogP contribution is 2.13. The molecular weight excluding hydrogens is 258 g/mol. The lowest BCUT2D eigenvalue weighted by Crippen LogP contribution is -2.17. The van der Waals surface area contributed by atoms with E-state index in [4.69, 9.17) is 11.6 Å². The van der Waals surface area contributed by atoms with Crippen LogP contribution in [0.3, 0.4) is 0 Å². The molecule has 0 saturated carbocycles. The fourth-order valence-electron chi connectivity index (χ4n) is 1.28. The van der Waals surface area contributed by atoms with Gasteiger partial charge in [0.05, 0.1) is 5.75 Å². The molecule has 0 aliphatic heterocycles. The molecule has 96 valence electrons. The SMILES string of the molecule is CC(C)CCS(=O)(=O)Nc1ccc(CCl)cc1. The van der Waals surface area contributed by atoms with E-state index >= 15 is 0 Å². The minimum atomic E-state index is -3.23. The van der Waals surface area contributed by atoms with Gasteiger partial charge >= 0.3 is 0 Å². The maximum Gasteiger partial charge on any atom is 0.232 e. The van der Waals surface area contributed by atoms with Gasteiger partial charge in [-0.1, -0.05) is 26.0 Å². The third-order valence-corrected chi connectivity index (χ3v) is 3.97. The first kappa shape index (κ1) is 14.3. The van der Waals surface area contributed by atoms with E-state index in [2.05, 4.69) is 4.72 Å². The molecular formula is C12H18ClNO2S. The molecule has 0 radical (unpaired) electrons. The van der Waals surface area contributed by atoms with E-state index in [1.165, 1.54) is 0 Å². The summed E-state index contributed by atoms with van der Waals surface area (Å²) in [6, 6.07) is 7.08. The van der Waals surface area contributed by atoms with Crippen molar-refractivity contribution >= 4 is 27.3 Å². The van der Waals surface area contributed by atoms with Crippen LogP contribution < -0.4 is 4.72 Å². The molecule has 0 saturated heterocycles. The Morgan fingerprint density at radius 3 is 2.29 bits per heavy atom. The summed E-state index contributed by atoms with van der Waals surface area (Å²) in [6.45, 7) is 4.01. The number of alkyl halides is 1. The Labute approximate surface area is 108 Å². The summed E-state index contributed by atoms with van der Waals surface area (Å²) in [4.78, 5) is 0. The normalized spacial score (nSPS) is 11.8. The van der Waals surface area contributed by atoms with Crippen LogP contribution >= 0.6 is 11.6 Å². The van der Waals surface area contributed by atoms with Gasteiger partial charge in [-0.3, -0.25) is 4.72 Å². The van der Waals surface area contributed by atoms with Crippen LogP contribution in [0.2, 0.25) is 0 Å². The molecule has 0 unspecified atom stereocenters. The Bertz CT molecular complexity index is 440. The number of rotatable bonds is 6. The molecule has 17 heavy (non-hydrogen) atoms. The average Bonchev–Trinajstić information content (AvgIpc) is 2.27. The van der Waals surface area contributed by atoms with Crippen LogP contribution in [0.15, 0.2) is 24.3 Å². The maximum atomic E-state index is 11.7. The predicted octanol–water partition coefficient (Wildman–Crippen LogP) is 3.21. The van der Waals surface area contributed by atoms with E-state index in [0.29, 0.717) is 23.9 Å². The first-order chi connectivity index (χ1) is 7.93. The molecule has 0 fully saturated rings. The van der Waals surface area contributed by atoms with Gasteiger partial charge in [-0.15, -0.1) is 11.6 Å². The molecule has 1 rings (SSSR count). The quantitative estimate of drug-likeness (QED) is 0.811. The van der Waals surface area contributed by atoms with Crippen LogP contribution in [0.1, 0.15) is 25.8 Å². The summed E-state index contributed by atoms with van der Waals surface area (Å²) in [7, 11) is -3.23. The summed E-state index contributed by atoms with van der Waals surface area (Å²) >= 11 is 5.66. The van der Waals surface area contributed by atoms with Crippen molar-refractivity contribution in [3.05, 3.63) is 29.8 Å². The van der Waals surface area contributed by atoms with Crippen molar-refractivity contribution in [3.63, 3.8) is 0 Å². The molecule has 0 atom stereocenters. The Balaban J connectivity index is 2.63. The standard InChI is InChI=1S/C12H18ClNO2S/c1-10(2)7-8-17(15,16)14-12-5-3-11(9-13)4-6-12/h3-6,10,14H,7-9H2,1-2H3. The molecule has 0 aliphatic carbocycles. The summed E-state index contributed by atoms with van der Waals surface area (Å²) in [5.74, 6) is 0.965. The molecule has 0 heterocycles. The molecule has 1 N–H and O–H groups in total. The molecule has 1 aromatic rings. The van der Waals surface area contributed by atoms with Gasteiger partial charge in [0.1, 0.15) is 0 Å². The lowest BCUT2D eigenvalue weighted by atomic mass is 10.2. The van der Waals surface area contributed by atoms with Gasteiger partial charge in [0, 0.05) is 11.6 Å². The van der Waals surface area contributed by atoms with Crippen LogP contribution in [0.5, 0.6) is 0 Å². The Hall–Kier alpha value is -0.740. The summed E-state index contributed by atoms with van der Waals surface area (Å²) in [6.07, 6.45) is 0.662. The topological polar surface area (TPSA) is 46.2 Å². The van der Waals surface area contributed by atoms with E-state index in [9.17, 15) is 8.42 Å². The predicted molar refractivity (Wildman–Crippen MR) is 72.9 cm³/mol. The molecule has 0 aromatic heterocycles. The smallest absolute Gasteiger partial charge is 0.232 e. The number of halogens is 1. The van der Waals surface area contributed by atoms with E-state index in [-0.39, 0.29) is 5.75 Å². The first-order valence-corrected chi connectivity index (χ1v) is 7.77. The summed E-state index contributed by atoms with van der Waals surface area (Å²) < 4.78 is 26.0. The van der Waals surface area contributed by atoms with Crippen molar-refractivity contribution in [1.29, 1.82) is 0 Å². The fraction of sp³-hybridized carbons (Fsp3) is 0.500. The van der Waals surface area contributed by atoms with Gasteiger partial charge in [-0.05, 0) is 30.0 Å². The van der Waals surface area contributed by atoms with Crippen LogP contribution in [0.4, 0.5) is 5.69 Å². The van der Waals surface area contributed by atoms with Crippen molar-refractivity contribution < 1.29 is 8.42 Å². The lowest BCUT2D eigenvalue weighted by Gasteiger charge is -2.09. The number of hydrogen-bond donors (Lipinski definition) is 1. The zero-order valence-corrected chi connectivity index (χ0v) is 11.7. The molecule has 0 amide bonds. The number of anilines is 1. The number of benzene rings is 1. The van der Waals surface area contributed by atoms with Gasteiger partial charge < -0.3 is 0 Å². The maximum absolute atomic E-state index is 11.7. The van der Waals surface area contributed by atoms with Crippen molar-refractivity contribution in [3.8, 4) is 0 Å². The average molecular weight is 276 g/mol. The van der Waals surface area contributed by atoms with Gasteiger partial charge in [0.25, 0.3) is 0 Å². The highest BCUT2D eigenvalue weighted by molar-refractivity contribution is 7.92. The van der Waals surface area contributed by atoms with Crippen LogP contribution in [-0.4, -0.2) is 14.2 Å². The molecule has 5 heteroatoms. The monoisotopic (exact) mass is 275 g/mol. The fourth-order valence-corrected chi connectivity index (χ4v) is 2.84. The van der Waals surface area contributed by atoms with Crippen molar-refractivity contribution in [1.82, 2.24) is 0 Å². The Kier molecular flexibility index (Phi) is 5.28. The van der Waals surface area contributed by atoms with Gasteiger partial charge in [0.15, 0.2) is 0 Å². The molecule has 3 nitrogen and oxygen atoms in total. The summed E-state index contributed by atoms with van der Waals surface area (Å²) in [5, 5.41) is 0. The largest absolute Gasteiger partial charge is 0.284 e. The molecule has 1 aromatic carbocycles. The highest BCUT2D eigenvalue weighted by Gasteiger charge is 2.11. The third-order valence-electron chi connectivity index (χ3n) is 2.35. The van der Waals surface area contributed by atoms with Gasteiger partial charge in [0.2, 0.25) is 10.0 Å². The van der Waals surface area contributed by atoms with E-state index in [1.807, 2.05) is 26.0 Å². The zero-order chi connectivity index (χ0) is 12.9. The number of nitrogens with one attached hydrogen (secondary N) is 1. The van der Waals surface area contributed by atoms with E-state index in [1.54, 1.807) is 12.1 Å². The van der Waals surface area contributed by atoms with Crippen LogP contribution in [-0.2, 0) is 15.9 Å². The minimum Gasteiger partial charge on any atom is -0.284 e. The van der Waals surface area contributed by atoms with Crippen LogP contribution in [0.25, 0.3) is 0 Å². The second-order valence-corrected chi connectivity index (χ2v) is 6.54. The van der Waals surface area contributed by atoms with E-state index < -0.39 is 10.0 Å². The third kappa shape index (κ3) is 5.41. The Morgan fingerprint density at radius 2 is 1.82 bits per heavy atom. The first-order valence-electron chi connectivity index (χ1n) is 5.58. The minimum absolute atomic E-state index is 0.155. The number of hydrogen-bond acceptors (Lipinski definition) is 2. The molecule has 0 spiro atoms. The van der Waals surface area contributed by atoms with Crippen molar-refractivity contribution in [2.24, 2.45) is 5.92 Å². The lowest BCUT2D eigenvalue weighted by molar-refractivity contribution is 0.578. The zero-order valence-electron chi connectivity index (χ0n) is 10.1. The van der Waals surface area contributed by atoms with Crippen molar-refractivity contribution in [2.75, 3.05) is 10.5 Å². The Morgan fingerprint density at radius 1 is 1.24 bits per heavy atom. The molecule has 0 aliphatic rings. The van der Waals surface area contributed by atoms with Gasteiger partial charge in [-0.2, -0.15) is 0 Å². The second kappa shape index (κ2) is 6.26. The second-order valence-electron chi connectivity index (χ2n) is 4.43. The van der Waals surface area contributed by atoms with E-state index in [0.717, 1.165) is 5.56 Å². The van der Waals surface area contributed by atoms with Crippen LogP contribution in [0, 0.1) is 5.92 Å². The van der Waals surface area contributed by atoms with Gasteiger partial charge in [-0.25, -0.2) is 8.42 Å². The van der Waals surface area contributed by atoms with Crippen molar-refractivity contribution in [2.45, 2.75) is 26.1 Å². The summed E-state index contributed by atoms with van der Waals surface area (Å²) in [5.41, 5.74) is 1.56. The number of sulfonamides is 1. The highest BCUT2D eigenvalue weighted by atomic mass is 35.5. The molecule has 0 bridgehead atoms.